The van der Waals surface area contributed by atoms with Crippen molar-refractivity contribution in [3.8, 4) is 0 Å². The molecule has 64 valence electrons. The van der Waals surface area contributed by atoms with E-state index >= 15 is 0 Å². The standard InChI is InChI=1S/C11H20/c1-5-7-11(4)9-6-8-10(2)3/h5,8,11H,1,6-7,9H2,2-4H3. The van der Waals surface area contributed by atoms with Gasteiger partial charge in [0.15, 0.2) is 0 Å². The predicted octanol–water partition coefficient (Wildman–Crippen LogP) is 3.95. The van der Waals surface area contributed by atoms with E-state index < -0.39 is 0 Å². The van der Waals surface area contributed by atoms with Gasteiger partial charge in [0.2, 0.25) is 0 Å². The van der Waals surface area contributed by atoms with Gasteiger partial charge in [-0.2, -0.15) is 0 Å². The molecule has 0 saturated carbocycles. The molecule has 0 rings (SSSR count). The fourth-order valence-corrected chi connectivity index (χ4v) is 1.06. The van der Waals surface area contributed by atoms with Crippen molar-refractivity contribution in [2.75, 3.05) is 0 Å². The van der Waals surface area contributed by atoms with E-state index in [-0.39, 0.29) is 0 Å². The molecule has 0 radical (unpaired) electrons. The molecule has 0 bridgehead atoms. The largest absolute Gasteiger partial charge is 0.103 e. The lowest BCUT2D eigenvalue weighted by Gasteiger charge is -2.05. The normalized spacial score (nSPS) is 12.3. The van der Waals surface area contributed by atoms with Crippen LogP contribution in [-0.4, -0.2) is 0 Å². The Kier molecular flexibility index (Phi) is 5.91. The highest BCUT2D eigenvalue weighted by atomic mass is 14.0. The molecule has 0 aliphatic heterocycles. The molecule has 0 nitrogen and oxygen atoms in total. The summed E-state index contributed by atoms with van der Waals surface area (Å²) in [5, 5.41) is 0. The van der Waals surface area contributed by atoms with Gasteiger partial charge in [0.25, 0.3) is 0 Å². The van der Waals surface area contributed by atoms with Gasteiger partial charge in [0, 0.05) is 0 Å². The lowest BCUT2D eigenvalue weighted by Crippen LogP contribution is -1.90. The Morgan fingerprint density at radius 3 is 2.55 bits per heavy atom. The van der Waals surface area contributed by atoms with Crippen LogP contribution in [0, 0.1) is 5.92 Å². The van der Waals surface area contributed by atoms with Gasteiger partial charge in [-0.25, -0.2) is 0 Å². The minimum atomic E-state index is 0.795. The van der Waals surface area contributed by atoms with Crippen LogP contribution in [0.15, 0.2) is 24.3 Å². The maximum absolute atomic E-state index is 3.73. The molecule has 0 amide bonds. The molecule has 0 aromatic rings. The number of hydrogen-bond acceptors (Lipinski definition) is 0. The highest BCUT2D eigenvalue weighted by Gasteiger charge is 1.96. The summed E-state index contributed by atoms with van der Waals surface area (Å²) >= 11 is 0. The van der Waals surface area contributed by atoms with Crippen molar-refractivity contribution in [1.82, 2.24) is 0 Å². The van der Waals surface area contributed by atoms with Gasteiger partial charge in [-0.15, -0.1) is 6.58 Å². The van der Waals surface area contributed by atoms with E-state index in [1.165, 1.54) is 18.4 Å². The van der Waals surface area contributed by atoms with Crippen LogP contribution < -0.4 is 0 Å². The molecule has 11 heavy (non-hydrogen) atoms. The summed E-state index contributed by atoms with van der Waals surface area (Å²) in [7, 11) is 0. The van der Waals surface area contributed by atoms with Crippen LogP contribution in [0.5, 0.6) is 0 Å². The maximum atomic E-state index is 3.73. The first-order chi connectivity index (χ1) is 5.16. The van der Waals surface area contributed by atoms with Crippen molar-refractivity contribution < 1.29 is 0 Å². The monoisotopic (exact) mass is 152 g/mol. The summed E-state index contributed by atoms with van der Waals surface area (Å²) in [5.41, 5.74) is 1.43. The molecule has 0 aromatic carbocycles. The molecule has 0 fully saturated rings. The lowest BCUT2D eigenvalue weighted by atomic mass is 10.0. The van der Waals surface area contributed by atoms with Gasteiger partial charge in [-0.05, 0) is 39.0 Å². The first-order valence-electron chi connectivity index (χ1n) is 4.41. The second kappa shape index (κ2) is 6.21. The van der Waals surface area contributed by atoms with Gasteiger partial charge >= 0.3 is 0 Å². The zero-order valence-electron chi connectivity index (χ0n) is 8.06. The van der Waals surface area contributed by atoms with Gasteiger partial charge < -0.3 is 0 Å². The fraction of sp³-hybridized carbons (Fsp3) is 0.636. The highest BCUT2D eigenvalue weighted by Crippen LogP contribution is 2.11. The van der Waals surface area contributed by atoms with Crippen LogP contribution in [0.4, 0.5) is 0 Å². The van der Waals surface area contributed by atoms with Gasteiger partial charge in [0.1, 0.15) is 0 Å². The Balaban J connectivity index is 3.38. The quantitative estimate of drug-likeness (QED) is 0.523. The molecule has 0 heteroatoms. The van der Waals surface area contributed by atoms with Crippen molar-refractivity contribution in [3.05, 3.63) is 24.3 Å². The van der Waals surface area contributed by atoms with Crippen molar-refractivity contribution in [2.24, 2.45) is 5.92 Å². The van der Waals surface area contributed by atoms with Crippen LogP contribution in [0.2, 0.25) is 0 Å². The topological polar surface area (TPSA) is 0 Å². The summed E-state index contributed by atoms with van der Waals surface area (Å²) in [4.78, 5) is 0. The van der Waals surface area contributed by atoms with E-state index in [1.54, 1.807) is 0 Å². The Morgan fingerprint density at radius 2 is 2.09 bits per heavy atom. The smallest absolute Gasteiger partial charge is 0.0327 e. The average Bonchev–Trinajstić information content (AvgIpc) is 1.87. The molecule has 0 aliphatic carbocycles. The SMILES string of the molecule is C=CCC(C)CCC=C(C)C. The van der Waals surface area contributed by atoms with Crippen LogP contribution in [0.25, 0.3) is 0 Å². The van der Waals surface area contributed by atoms with Crippen LogP contribution >= 0.6 is 0 Å². The van der Waals surface area contributed by atoms with E-state index in [9.17, 15) is 0 Å². The van der Waals surface area contributed by atoms with E-state index in [4.69, 9.17) is 0 Å². The third-order valence-electron chi connectivity index (χ3n) is 1.78. The minimum absolute atomic E-state index is 0.795. The zero-order valence-corrected chi connectivity index (χ0v) is 8.06. The summed E-state index contributed by atoms with van der Waals surface area (Å²) in [5.74, 6) is 0.795. The van der Waals surface area contributed by atoms with E-state index in [0.717, 1.165) is 12.3 Å². The summed E-state index contributed by atoms with van der Waals surface area (Å²) in [6, 6.07) is 0. The van der Waals surface area contributed by atoms with Crippen LogP contribution in [0.1, 0.15) is 40.0 Å². The molecule has 0 aromatic heterocycles. The van der Waals surface area contributed by atoms with Gasteiger partial charge in [-0.1, -0.05) is 24.6 Å². The highest BCUT2D eigenvalue weighted by molar-refractivity contribution is 4.92. The first-order valence-corrected chi connectivity index (χ1v) is 4.41. The minimum Gasteiger partial charge on any atom is -0.103 e. The molecular weight excluding hydrogens is 132 g/mol. The Bertz CT molecular complexity index is 127. The van der Waals surface area contributed by atoms with Crippen LogP contribution in [0.3, 0.4) is 0 Å². The summed E-state index contributed by atoms with van der Waals surface area (Å²) < 4.78 is 0. The predicted molar refractivity (Wildman–Crippen MR) is 52.6 cm³/mol. The number of allylic oxidation sites excluding steroid dienone is 3. The molecule has 0 aliphatic rings. The molecule has 0 heterocycles. The maximum Gasteiger partial charge on any atom is -0.0327 e. The third kappa shape index (κ3) is 7.38. The van der Waals surface area contributed by atoms with E-state index in [1.807, 2.05) is 6.08 Å². The fourth-order valence-electron chi connectivity index (χ4n) is 1.06. The Labute approximate surface area is 71.0 Å². The van der Waals surface area contributed by atoms with Gasteiger partial charge in [0.05, 0.1) is 0 Å². The molecule has 0 N–H and O–H groups in total. The second-order valence-corrected chi connectivity index (χ2v) is 3.49. The summed E-state index contributed by atoms with van der Waals surface area (Å²) in [6.45, 7) is 10.3. The third-order valence-corrected chi connectivity index (χ3v) is 1.78. The van der Waals surface area contributed by atoms with Crippen molar-refractivity contribution in [1.29, 1.82) is 0 Å². The molecular formula is C11H20. The molecule has 0 spiro atoms. The van der Waals surface area contributed by atoms with Crippen molar-refractivity contribution in [3.63, 3.8) is 0 Å². The van der Waals surface area contributed by atoms with Crippen molar-refractivity contribution >= 4 is 0 Å². The lowest BCUT2D eigenvalue weighted by molar-refractivity contribution is 0.546. The second-order valence-electron chi connectivity index (χ2n) is 3.49. The molecule has 1 unspecified atom stereocenters. The molecule has 1 atom stereocenters. The molecule has 0 saturated heterocycles. The first kappa shape index (κ1) is 10.5. The van der Waals surface area contributed by atoms with Gasteiger partial charge in [-0.3, -0.25) is 0 Å². The Morgan fingerprint density at radius 1 is 1.45 bits per heavy atom. The number of rotatable bonds is 5. The Hall–Kier alpha value is -0.520. The van der Waals surface area contributed by atoms with Crippen molar-refractivity contribution in [2.45, 2.75) is 40.0 Å². The average molecular weight is 152 g/mol. The van der Waals surface area contributed by atoms with E-state index in [2.05, 4.69) is 33.4 Å². The summed E-state index contributed by atoms with van der Waals surface area (Å²) in [6.07, 6.45) is 7.97. The number of hydrogen-bond donors (Lipinski definition) is 0. The van der Waals surface area contributed by atoms with E-state index in [0.29, 0.717) is 0 Å². The zero-order chi connectivity index (χ0) is 8.69. The van der Waals surface area contributed by atoms with Crippen LogP contribution in [-0.2, 0) is 0 Å².